The van der Waals surface area contributed by atoms with Crippen molar-refractivity contribution < 1.29 is 170 Å². The Bertz CT molecular complexity index is 1680. The minimum absolute atomic E-state index is 0. The zero-order valence-electron chi connectivity index (χ0n) is 26.1. The summed E-state index contributed by atoms with van der Waals surface area (Å²) >= 11 is 0. The third-order valence-electron chi connectivity index (χ3n) is 4.68. The molecule has 0 aliphatic carbocycles. The summed E-state index contributed by atoms with van der Waals surface area (Å²) in [5, 5.41) is 0. The van der Waals surface area contributed by atoms with Crippen LogP contribution in [0.1, 0.15) is 0 Å². The van der Waals surface area contributed by atoms with Gasteiger partial charge in [-0.1, -0.05) is 0 Å². The van der Waals surface area contributed by atoms with E-state index >= 15 is 0 Å². The van der Waals surface area contributed by atoms with E-state index in [1.807, 2.05) is 0 Å². The fourth-order valence-electron chi connectivity index (χ4n) is 2.54. The van der Waals surface area contributed by atoms with Gasteiger partial charge in [-0.3, -0.25) is 0 Å². The number of benzene rings is 4. The van der Waals surface area contributed by atoms with Crippen molar-refractivity contribution in [2.24, 2.45) is 0 Å². The van der Waals surface area contributed by atoms with Crippen LogP contribution in [-0.2, 0) is 40.5 Å². The molecule has 240 valence electrons. The zero-order chi connectivity index (χ0) is 33.9. The van der Waals surface area contributed by atoms with Crippen molar-refractivity contribution in [3.8, 4) is 0 Å². The van der Waals surface area contributed by atoms with Crippen LogP contribution in [0.15, 0.2) is 117 Å². The van der Waals surface area contributed by atoms with Crippen molar-refractivity contribution in [3.05, 3.63) is 97.1 Å². The van der Waals surface area contributed by atoms with Gasteiger partial charge in [-0.05, 0) is 97.1 Å². The smallest absolute Gasteiger partial charge is 0.744 e. The second kappa shape index (κ2) is 24.1. The Morgan fingerprint density at radius 2 is 0.396 bits per heavy atom. The monoisotopic (exact) mass is 780 g/mol. The van der Waals surface area contributed by atoms with Gasteiger partial charge in [-0.2, -0.15) is 0 Å². The maximum Gasteiger partial charge on any atom is 1.00 e. The Kier molecular flexibility index (Phi) is 27.3. The third-order valence-corrected chi connectivity index (χ3v) is 8.07. The normalized spacial score (nSPS) is 10.4. The van der Waals surface area contributed by atoms with Crippen LogP contribution in [0.25, 0.3) is 0 Å². The van der Waals surface area contributed by atoms with Gasteiger partial charge in [0.05, 0.1) is 19.6 Å². The number of rotatable bonds is 4. The molecule has 0 aliphatic heterocycles. The third kappa shape index (κ3) is 22.5. The molecule has 48 heavy (non-hydrogen) atoms. The van der Waals surface area contributed by atoms with Crippen LogP contribution < -0.4 is 141 Å². The summed E-state index contributed by atoms with van der Waals surface area (Å²) in [4.78, 5) is -1.03. The first kappa shape index (κ1) is 54.5. The van der Waals surface area contributed by atoms with Crippen molar-refractivity contribution in [2.75, 3.05) is 22.9 Å². The van der Waals surface area contributed by atoms with Crippen LogP contribution in [-0.4, -0.2) is 51.9 Å². The first-order chi connectivity index (χ1) is 20.0. The van der Waals surface area contributed by atoms with Crippen molar-refractivity contribution >= 4 is 63.2 Å². The Morgan fingerprint density at radius 1 is 0.292 bits per heavy atom. The molecule has 4 aromatic rings. The molecular weight excluding hydrogens is 757 g/mol. The molecule has 0 saturated heterocycles. The summed E-state index contributed by atoms with van der Waals surface area (Å²) in [5.74, 6) is 0. The van der Waals surface area contributed by atoms with Gasteiger partial charge < -0.3 is 41.1 Å². The Hall–Kier alpha value is -0.280. The van der Waals surface area contributed by atoms with Crippen LogP contribution in [0.4, 0.5) is 22.7 Å². The first-order valence-electron chi connectivity index (χ1n) is 11.3. The predicted octanol–water partition coefficient (Wildman–Crippen LogP) is -11.3. The molecule has 0 aromatic heterocycles. The minimum Gasteiger partial charge on any atom is -0.744 e. The van der Waals surface area contributed by atoms with Gasteiger partial charge in [0.25, 0.3) is 0 Å². The van der Waals surface area contributed by atoms with E-state index in [4.69, 9.17) is 22.9 Å². The summed E-state index contributed by atoms with van der Waals surface area (Å²) in [6, 6.07) is 20.4. The van der Waals surface area contributed by atoms with E-state index in [0.717, 1.165) is 0 Å². The van der Waals surface area contributed by atoms with E-state index in [1.54, 1.807) is 0 Å². The molecule has 0 saturated carbocycles. The van der Waals surface area contributed by atoms with E-state index in [1.165, 1.54) is 97.1 Å². The minimum atomic E-state index is -4.33. The molecule has 0 aliphatic rings. The molecule has 4 rings (SSSR count). The Labute approximate surface area is 367 Å². The molecule has 0 amide bonds. The molecular formula is C24H24N4Na4O12S4. The molecule has 24 heteroatoms. The number of anilines is 4. The van der Waals surface area contributed by atoms with Crippen molar-refractivity contribution in [2.45, 2.75) is 19.6 Å². The van der Waals surface area contributed by atoms with Gasteiger partial charge in [0.1, 0.15) is 40.5 Å². The molecule has 0 bridgehead atoms. The van der Waals surface area contributed by atoms with E-state index in [9.17, 15) is 51.9 Å². The maximum absolute atomic E-state index is 10.3. The average Bonchev–Trinajstić information content (AvgIpc) is 2.89. The van der Waals surface area contributed by atoms with Crippen molar-refractivity contribution in [3.63, 3.8) is 0 Å². The molecule has 0 heterocycles. The predicted molar refractivity (Wildman–Crippen MR) is 155 cm³/mol. The molecule has 4 aromatic carbocycles. The van der Waals surface area contributed by atoms with Gasteiger partial charge in [0.2, 0.25) is 0 Å². The summed E-state index contributed by atoms with van der Waals surface area (Å²) in [5.41, 5.74) is 22.8. The summed E-state index contributed by atoms with van der Waals surface area (Å²) < 4.78 is 124. The van der Waals surface area contributed by atoms with Gasteiger partial charge in [-0.15, -0.1) is 0 Å². The SMILES string of the molecule is Nc1ccc(S(=O)(=O)[O-])cc1.Nc1ccc(S(=O)(=O)[O-])cc1.Nc1ccc(S(=O)(=O)[O-])cc1.Nc1ccc(S(=O)(=O)[O-])cc1.[Na+].[Na+].[Na+].[Na+]. The summed E-state index contributed by atoms with van der Waals surface area (Å²) in [6.45, 7) is 0. The molecule has 8 N–H and O–H groups in total. The van der Waals surface area contributed by atoms with E-state index < -0.39 is 40.5 Å². The maximum atomic E-state index is 10.3. The summed E-state index contributed by atoms with van der Waals surface area (Å²) in [6.07, 6.45) is 0. The molecule has 0 atom stereocenters. The van der Waals surface area contributed by atoms with E-state index in [-0.39, 0.29) is 138 Å². The summed E-state index contributed by atoms with van der Waals surface area (Å²) in [7, 11) is -17.3. The second-order valence-electron chi connectivity index (χ2n) is 8.09. The number of hydrogen-bond donors (Lipinski definition) is 4. The Morgan fingerprint density at radius 3 is 0.479 bits per heavy atom. The van der Waals surface area contributed by atoms with Crippen LogP contribution >= 0.6 is 0 Å². The molecule has 0 unspecified atom stereocenters. The number of nitrogen functional groups attached to an aromatic ring is 4. The average molecular weight is 781 g/mol. The van der Waals surface area contributed by atoms with Crippen LogP contribution in [0, 0.1) is 0 Å². The van der Waals surface area contributed by atoms with Crippen molar-refractivity contribution in [1.29, 1.82) is 0 Å². The molecule has 0 fully saturated rings. The number of hydrogen-bond acceptors (Lipinski definition) is 16. The first-order valence-corrected chi connectivity index (χ1v) is 16.9. The fourth-order valence-corrected chi connectivity index (χ4v) is 4.42. The van der Waals surface area contributed by atoms with Crippen molar-refractivity contribution in [1.82, 2.24) is 0 Å². The van der Waals surface area contributed by atoms with Crippen LogP contribution in [0.3, 0.4) is 0 Å². The molecule has 16 nitrogen and oxygen atoms in total. The Balaban J connectivity index is -0.000000262. The van der Waals surface area contributed by atoms with Gasteiger partial charge in [0, 0.05) is 22.7 Å². The number of nitrogens with two attached hydrogens (primary N) is 4. The van der Waals surface area contributed by atoms with Gasteiger partial charge >= 0.3 is 118 Å². The zero-order valence-corrected chi connectivity index (χ0v) is 37.3. The fraction of sp³-hybridized carbons (Fsp3) is 0. The molecule has 0 spiro atoms. The molecule has 0 radical (unpaired) electrons. The largest absolute Gasteiger partial charge is 1.00 e. The van der Waals surface area contributed by atoms with E-state index in [2.05, 4.69) is 0 Å². The van der Waals surface area contributed by atoms with Crippen LogP contribution in [0.2, 0.25) is 0 Å². The topological polar surface area (TPSA) is 333 Å². The van der Waals surface area contributed by atoms with Gasteiger partial charge in [-0.25, -0.2) is 33.7 Å². The van der Waals surface area contributed by atoms with Crippen LogP contribution in [0.5, 0.6) is 0 Å². The second-order valence-corrected chi connectivity index (χ2v) is 13.6. The standard InChI is InChI=1S/4C6H7NO3S.4Na/c4*7-5-1-3-6(4-2-5)11(8,9)10;;;;/h4*1-4H,7H2,(H,8,9,10);;;;/q;;;;4*+1/p-4. The van der Waals surface area contributed by atoms with Gasteiger partial charge in [0.15, 0.2) is 0 Å². The van der Waals surface area contributed by atoms with E-state index in [0.29, 0.717) is 22.7 Å². The quantitative estimate of drug-likeness (QED) is 0.0848.